The number of hydrogen-bond donors (Lipinski definition) is 3. The summed E-state index contributed by atoms with van der Waals surface area (Å²) in [7, 11) is 0. The van der Waals surface area contributed by atoms with Gasteiger partial charge in [0, 0.05) is 16.5 Å². The zero-order valence-electron chi connectivity index (χ0n) is 10.0. The van der Waals surface area contributed by atoms with Crippen LogP contribution in [0.15, 0.2) is 0 Å². The van der Waals surface area contributed by atoms with Crippen LogP contribution in [0, 0.1) is 10.1 Å². The number of nitrogens with zero attached hydrogens (tertiary/aromatic N) is 1. The molecule has 0 aromatic heterocycles. The van der Waals surface area contributed by atoms with Crippen LogP contribution in [0.1, 0.15) is 27.7 Å². The highest BCUT2D eigenvalue weighted by molar-refractivity contribution is 5.85. The van der Waals surface area contributed by atoms with Crippen molar-refractivity contribution < 1.29 is 15.1 Å². The van der Waals surface area contributed by atoms with E-state index >= 15 is 0 Å². The molecule has 0 amide bonds. The second kappa shape index (κ2) is 7.01. The number of aliphatic hydroxyl groups is 2. The molecule has 0 aromatic rings. The lowest BCUT2D eigenvalue weighted by molar-refractivity contribution is -0.538. The number of halogens is 1. The number of hydrogen-bond acceptors (Lipinski definition) is 5. The monoisotopic (exact) mass is 256 g/mol. The molecule has 98 valence electrons. The zero-order chi connectivity index (χ0) is 12.2. The number of nitro groups is 1. The highest BCUT2D eigenvalue weighted by atomic mass is 35.5. The molecule has 0 heterocycles. The van der Waals surface area contributed by atoms with Crippen molar-refractivity contribution in [2.24, 2.45) is 0 Å². The maximum Gasteiger partial charge on any atom is 0.262 e. The van der Waals surface area contributed by atoms with Gasteiger partial charge in [-0.3, -0.25) is 10.1 Å². The van der Waals surface area contributed by atoms with Crippen molar-refractivity contribution in [3.8, 4) is 0 Å². The maximum atomic E-state index is 10.5. The van der Waals surface area contributed by atoms with Gasteiger partial charge in [0.25, 0.3) is 6.04 Å². The molecule has 0 fully saturated rings. The Kier molecular flexibility index (Phi) is 7.86. The van der Waals surface area contributed by atoms with Crippen molar-refractivity contribution in [2.75, 3.05) is 6.61 Å². The van der Waals surface area contributed by atoms with E-state index in [9.17, 15) is 15.2 Å². The van der Waals surface area contributed by atoms with Gasteiger partial charge in [-0.2, -0.15) is 0 Å². The Morgan fingerprint density at radius 1 is 1.44 bits per heavy atom. The summed E-state index contributed by atoms with van der Waals surface area (Å²) in [6.45, 7) is 6.69. The standard InChI is InChI=1S/C9H20N2O4.ClH/c1-6(10-9(2,3)4)8(13)7(5-12)11(14)15;/h6-8,10,12-13H,5H2,1-4H3;1H. The summed E-state index contributed by atoms with van der Waals surface area (Å²) in [5, 5.41) is 32.0. The minimum atomic E-state index is -1.34. The van der Waals surface area contributed by atoms with Crippen LogP contribution in [0.25, 0.3) is 0 Å². The van der Waals surface area contributed by atoms with Crippen LogP contribution in [0.5, 0.6) is 0 Å². The average Bonchev–Trinajstić information content (AvgIpc) is 2.01. The molecule has 3 atom stereocenters. The van der Waals surface area contributed by atoms with Crippen LogP contribution in [0.3, 0.4) is 0 Å². The molecule has 0 aliphatic rings. The van der Waals surface area contributed by atoms with E-state index in [0.717, 1.165) is 0 Å². The molecule has 0 aliphatic heterocycles. The second-order valence-corrected chi connectivity index (χ2v) is 4.71. The summed E-state index contributed by atoms with van der Waals surface area (Å²) in [4.78, 5) is 9.84. The van der Waals surface area contributed by atoms with Gasteiger partial charge in [0.15, 0.2) is 0 Å². The minimum Gasteiger partial charge on any atom is -0.389 e. The van der Waals surface area contributed by atoms with Crippen LogP contribution in [0.2, 0.25) is 0 Å². The highest BCUT2D eigenvalue weighted by Gasteiger charge is 2.34. The van der Waals surface area contributed by atoms with Gasteiger partial charge >= 0.3 is 0 Å². The molecule has 0 rings (SSSR count). The van der Waals surface area contributed by atoms with E-state index in [1.165, 1.54) is 0 Å². The van der Waals surface area contributed by atoms with Crippen molar-refractivity contribution in [1.29, 1.82) is 0 Å². The van der Waals surface area contributed by atoms with Crippen LogP contribution < -0.4 is 5.32 Å². The van der Waals surface area contributed by atoms with Crippen LogP contribution in [0.4, 0.5) is 0 Å². The van der Waals surface area contributed by atoms with E-state index in [4.69, 9.17) is 5.11 Å². The van der Waals surface area contributed by atoms with E-state index < -0.39 is 29.7 Å². The summed E-state index contributed by atoms with van der Waals surface area (Å²) in [6, 6.07) is -1.79. The van der Waals surface area contributed by atoms with Gasteiger partial charge in [0.2, 0.25) is 0 Å². The predicted octanol–water partition coefficient (Wildman–Crippen LogP) is 0.183. The Labute approximate surface area is 102 Å². The lowest BCUT2D eigenvalue weighted by Crippen LogP contribution is -2.54. The second-order valence-electron chi connectivity index (χ2n) is 4.71. The summed E-state index contributed by atoms with van der Waals surface area (Å²) in [6.07, 6.45) is -1.20. The quantitative estimate of drug-likeness (QED) is 0.482. The first-order chi connectivity index (χ1) is 6.69. The van der Waals surface area contributed by atoms with Crippen molar-refractivity contribution >= 4 is 12.4 Å². The van der Waals surface area contributed by atoms with Gasteiger partial charge < -0.3 is 15.5 Å². The fourth-order valence-electron chi connectivity index (χ4n) is 1.40. The van der Waals surface area contributed by atoms with E-state index in [1.807, 2.05) is 20.8 Å². The van der Waals surface area contributed by atoms with Crippen molar-refractivity contribution in [1.82, 2.24) is 5.32 Å². The molecular formula is C9H21ClN2O4. The summed E-state index contributed by atoms with van der Waals surface area (Å²) >= 11 is 0. The molecule has 3 unspecified atom stereocenters. The molecule has 0 radical (unpaired) electrons. The molecular weight excluding hydrogens is 236 g/mol. The van der Waals surface area contributed by atoms with E-state index in [1.54, 1.807) is 6.92 Å². The van der Waals surface area contributed by atoms with Gasteiger partial charge in [0.05, 0.1) is 0 Å². The molecule has 0 bridgehead atoms. The van der Waals surface area contributed by atoms with Crippen LogP contribution in [-0.2, 0) is 0 Å². The Morgan fingerprint density at radius 2 is 1.88 bits per heavy atom. The lowest BCUT2D eigenvalue weighted by atomic mass is 10.0. The largest absolute Gasteiger partial charge is 0.389 e. The van der Waals surface area contributed by atoms with Gasteiger partial charge in [-0.15, -0.1) is 12.4 Å². The highest BCUT2D eigenvalue weighted by Crippen LogP contribution is 2.08. The molecule has 0 aromatic carbocycles. The Hall–Kier alpha value is -0.430. The summed E-state index contributed by atoms with van der Waals surface area (Å²) < 4.78 is 0. The van der Waals surface area contributed by atoms with Gasteiger partial charge in [0.1, 0.15) is 12.7 Å². The Morgan fingerprint density at radius 3 is 2.12 bits per heavy atom. The first-order valence-electron chi connectivity index (χ1n) is 4.89. The molecule has 0 spiro atoms. The molecule has 16 heavy (non-hydrogen) atoms. The van der Waals surface area contributed by atoms with E-state index in [2.05, 4.69) is 5.32 Å². The molecule has 0 aliphatic carbocycles. The number of rotatable bonds is 5. The third kappa shape index (κ3) is 6.22. The topological polar surface area (TPSA) is 95.6 Å². The first kappa shape index (κ1) is 17.9. The Bertz CT molecular complexity index is 220. The molecule has 3 N–H and O–H groups in total. The smallest absolute Gasteiger partial charge is 0.262 e. The third-order valence-electron chi connectivity index (χ3n) is 2.03. The molecule has 0 saturated carbocycles. The summed E-state index contributed by atoms with van der Waals surface area (Å²) in [5.41, 5.74) is -0.239. The fraction of sp³-hybridized carbons (Fsp3) is 1.00. The predicted molar refractivity (Wildman–Crippen MR) is 63.5 cm³/mol. The minimum absolute atomic E-state index is 0. The van der Waals surface area contributed by atoms with Crippen molar-refractivity contribution in [2.45, 2.75) is 51.4 Å². The van der Waals surface area contributed by atoms with E-state index in [0.29, 0.717) is 0 Å². The molecule has 7 heteroatoms. The third-order valence-corrected chi connectivity index (χ3v) is 2.03. The molecule has 0 saturated heterocycles. The Balaban J connectivity index is 0. The average molecular weight is 257 g/mol. The first-order valence-corrected chi connectivity index (χ1v) is 4.89. The van der Waals surface area contributed by atoms with Crippen molar-refractivity contribution in [3.05, 3.63) is 10.1 Å². The van der Waals surface area contributed by atoms with E-state index in [-0.39, 0.29) is 17.9 Å². The lowest BCUT2D eigenvalue weighted by Gasteiger charge is -2.29. The number of nitrogens with one attached hydrogen (secondary N) is 1. The fourth-order valence-corrected chi connectivity index (χ4v) is 1.40. The summed E-state index contributed by atoms with van der Waals surface area (Å²) in [5.74, 6) is 0. The normalized spacial score (nSPS) is 17.1. The van der Waals surface area contributed by atoms with Crippen LogP contribution in [-0.4, -0.2) is 45.5 Å². The number of aliphatic hydroxyl groups excluding tert-OH is 2. The van der Waals surface area contributed by atoms with Gasteiger partial charge in [-0.05, 0) is 27.7 Å². The maximum absolute atomic E-state index is 10.5. The SMILES string of the molecule is CC(NC(C)(C)C)C(O)C(CO)[N+](=O)[O-].Cl. The van der Waals surface area contributed by atoms with Gasteiger partial charge in [-0.25, -0.2) is 0 Å². The zero-order valence-corrected chi connectivity index (χ0v) is 10.8. The van der Waals surface area contributed by atoms with Gasteiger partial charge in [-0.1, -0.05) is 0 Å². The van der Waals surface area contributed by atoms with Crippen LogP contribution >= 0.6 is 12.4 Å². The molecule has 6 nitrogen and oxygen atoms in total. The van der Waals surface area contributed by atoms with Crippen molar-refractivity contribution in [3.63, 3.8) is 0 Å².